The number of aromatic nitrogens is 2. The number of halogens is 1. The number of rotatable bonds is 7. The highest BCUT2D eigenvalue weighted by Gasteiger charge is 2.04. The summed E-state index contributed by atoms with van der Waals surface area (Å²) in [7, 11) is 0. The van der Waals surface area contributed by atoms with Crippen LogP contribution in [0.3, 0.4) is 0 Å². The van der Waals surface area contributed by atoms with Crippen LogP contribution in [0.1, 0.15) is 39.0 Å². The highest BCUT2D eigenvalue weighted by atomic mass is 79.9. The second-order valence-corrected chi connectivity index (χ2v) is 5.65. The molecule has 0 aliphatic carbocycles. The minimum Gasteiger partial charge on any atom is -0.384 e. The van der Waals surface area contributed by atoms with Gasteiger partial charge in [0.1, 0.15) is 0 Å². The van der Waals surface area contributed by atoms with Gasteiger partial charge >= 0.3 is 5.69 Å². The maximum Gasteiger partial charge on any atom is 0.323 e. The lowest BCUT2D eigenvalue weighted by atomic mass is 10.1. The molecule has 4 nitrogen and oxygen atoms in total. The van der Waals surface area contributed by atoms with Gasteiger partial charge in [-0.3, -0.25) is 0 Å². The second-order valence-electron chi connectivity index (χ2n) is 4.80. The summed E-state index contributed by atoms with van der Waals surface area (Å²) in [5.74, 6) is 0. The predicted molar refractivity (Wildman–Crippen MR) is 83.9 cm³/mol. The van der Waals surface area contributed by atoms with Crippen molar-refractivity contribution in [3.05, 3.63) is 27.1 Å². The van der Waals surface area contributed by atoms with E-state index in [2.05, 4.69) is 38.1 Å². The van der Waals surface area contributed by atoms with E-state index < -0.39 is 0 Å². The van der Waals surface area contributed by atoms with Crippen LogP contribution < -0.4 is 11.0 Å². The molecule has 2 aromatic rings. The predicted octanol–water partition coefficient (Wildman–Crippen LogP) is 4.00. The van der Waals surface area contributed by atoms with Gasteiger partial charge in [0, 0.05) is 11.0 Å². The van der Waals surface area contributed by atoms with Crippen LogP contribution in [0.4, 0.5) is 5.69 Å². The van der Waals surface area contributed by atoms with Gasteiger partial charge in [-0.05, 0) is 34.5 Å². The minimum atomic E-state index is -0.168. The van der Waals surface area contributed by atoms with Gasteiger partial charge in [0.25, 0.3) is 0 Å². The van der Waals surface area contributed by atoms with Crippen molar-refractivity contribution in [2.24, 2.45) is 0 Å². The fraction of sp³-hybridized carbons (Fsp3) is 0.500. The minimum absolute atomic E-state index is 0.168. The van der Waals surface area contributed by atoms with Crippen molar-refractivity contribution in [2.45, 2.75) is 39.0 Å². The molecule has 0 radical (unpaired) electrons. The third kappa shape index (κ3) is 3.86. The first kappa shape index (κ1) is 14.2. The zero-order chi connectivity index (χ0) is 13.7. The van der Waals surface area contributed by atoms with Crippen molar-refractivity contribution in [3.63, 3.8) is 0 Å². The van der Waals surface area contributed by atoms with E-state index >= 15 is 0 Å². The topological polar surface area (TPSA) is 60.7 Å². The highest BCUT2D eigenvalue weighted by Crippen LogP contribution is 2.26. The molecule has 0 unspecified atom stereocenters. The fourth-order valence-electron chi connectivity index (χ4n) is 2.14. The lowest BCUT2D eigenvalue weighted by Crippen LogP contribution is -2.02. The van der Waals surface area contributed by atoms with Gasteiger partial charge < -0.3 is 15.3 Å². The molecule has 0 aliphatic heterocycles. The summed E-state index contributed by atoms with van der Waals surface area (Å²) in [6, 6.07) is 3.88. The monoisotopic (exact) mass is 325 g/mol. The first-order valence-electron chi connectivity index (χ1n) is 6.86. The summed E-state index contributed by atoms with van der Waals surface area (Å²) in [6.45, 7) is 3.19. The van der Waals surface area contributed by atoms with Crippen LogP contribution in [-0.2, 0) is 0 Å². The Morgan fingerprint density at radius 3 is 2.53 bits per heavy atom. The molecular weight excluding hydrogens is 306 g/mol. The Labute approximate surface area is 121 Å². The third-order valence-electron chi connectivity index (χ3n) is 3.20. The maximum absolute atomic E-state index is 11.2. The molecule has 1 aromatic heterocycles. The third-order valence-corrected chi connectivity index (χ3v) is 3.86. The first-order chi connectivity index (χ1) is 9.20. The zero-order valence-electron chi connectivity index (χ0n) is 11.2. The number of imidazole rings is 1. The number of unbranched alkanes of at least 4 members (excludes halogenated alkanes) is 4. The van der Waals surface area contributed by atoms with Gasteiger partial charge in [-0.15, -0.1) is 0 Å². The van der Waals surface area contributed by atoms with Crippen molar-refractivity contribution in [1.82, 2.24) is 9.97 Å². The molecule has 5 heteroatoms. The van der Waals surface area contributed by atoms with Crippen molar-refractivity contribution >= 4 is 32.7 Å². The van der Waals surface area contributed by atoms with Crippen molar-refractivity contribution in [3.8, 4) is 0 Å². The molecule has 104 valence electrons. The van der Waals surface area contributed by atoms with Crippen LogP contribution in [0.2, 0.25) is 0 Å². The summed E-state index contributed by atoms with van der Waals surface area (Å²) < 4.78 is 0.976. The van der Waals surface area contributed by atoms with Crippen LogP contribution in [0.15, 0.2) is 21.4 Å². The molecule has 1 heterocycles. The summed E-state index contributed by atoms with van der Waals surface area (Å²) >= 11 is 3.52. The SMILES string of the molecule is CCCCCCCNc1cc2[nH]c(=O)[nH]c2cc1Br. The zero-order valence-corrected chi connectivity index (χ0v) is 12.8. The quantitative estimate of drug-likeness (QED) is 0.674. The van der Waals surface area contributed by atoms with Crippen molar-refractivity contribution in [1.29, 1.82) is 0 Å². The van der Waals surface area contributed by atoms with Gasteiger partial charge in [-0.2, -0.15) is 0 Å². The number of aromatic amines is 2. The molecule has 0 amide bonds. The van der Waals surface area contributed by atoms with E-state index in [4.69, 9.17) is 0 Å². The number of H-pyrrole nitrogens is 2. The number of hydrogen-bond acceptors (Lipinski definition) is 2. The molecule has 3 N–H and O–H groups in total. The van der Waals surface area contributed by atoms with E-state index in [1.54, 1.807) is 0 Å². The average molecular weight is 326 g/mol. The van der Waals surface area contributed by atoms with Gasteiger partial charge in [0.2, 0.25) is 0 Å². The van der Waals surface area contributed by atoms with Crippen LogP contribution >= 0.6 is 15.9 Å². The number of anilines is 1. The lowest BCUT2D eigenvalue weighted by Gasteiger charge is -2.08. The summed E-state index contributed by atoms with van der Waals surface area (Å²) in [4.78, 5) is 16.7. The molecular formula is C14H20BrN3O. The van der Waals surface area contributed by atoms with E-state index in [1.165, 1.54) is 32.1 Å². The second kappa shape index (κ2) is 6.80. The largest absolute Gasteiger partial charge is 0.384 e. The van der Waals surface area contributed by atoms with Crippen LogP contribution in [0, 0.1) is 0 Å². The Balaban J connectivity index is 1.92. The molecule has 0 bridgehead atoms. The standard InChI is InChI=1S/C14H20BrN3O/c1-2-3-4-5-6-7-16-11-9-13-12(8-10(11)15)17-14(19)18-13/h8-9,16H,2-7H2,1H3,(H2,17,18,19). The van der Waals surface area contributed by atoms with Crippen LogP contribution in [0.25, 0.3) is 11.0 Å². The van der Waals surface area contributed by atoms with Gasteiger partial charge in [-0.1, -0.05) is 32.6 Å². The van der Waals surface area contributed by atoms with Crippen LogP contribution in [0.5, 0.6) is 0 Å². The van der Waals surface area contributed by atoms with Crippen molar-refractivity contribution < 1.29 is 0 Å². The smallest absolute Gasteiger partial charge is 0.323 e. The van der Waals surface area contributed by atoms with E-state index in [0.717, 1.165) is 27.7 Å². The van der Waals surface area contributed by atoms with Crippen LogP contribution in [-0.4, -0.2) is 16.5 Å². The van der Waals surface area contributed by atoms with Gasteiger partial charge in [-0.25, -0.2) is 4.79 Å². The highest BCUT2D eigenvalue weighted by molar-refractivity contribution is 9.10. The molecule has 0 spiro atoms. The van der Waals surface area contributed by atoms with Gasteiger partial charge in [0.15, 0.2) is 0 Å². The Morgan fingerprint density at radius 1 is 1.11 bits per heavy atom. The molecule has 0 saturated heterocycles. The maximum atomic E-state index is 11.2. The van der Waals surface area contributed by atoms with E-state index in [-0.39, 0.29) is 5.69 Å². The Kier molecular flexibility index (Phi) is 5.07. The van der Waals surface area contributed by atoms with E-state index in [0.29, 0.717) is 0 Å². The lowest BCUT2D eigenvalue weighted by molar-refractivity contribution is 0.645. The van der Waals surface area contributed by atoms with Crippen molar-refractivity contribution in [2.75, 3.05) is 11.9 Å². The first-order valence-corrected chi connectivity index (χ1v) is 7.65. The Bertz CT molecular complexity index is 588. The molecule has 19 heavy (non-hydrogen) atoms. The molecule has 2 rings (SSSR count). The molecule has 1 aromatic carbocycles. The number of benzene rings is 1. The number of hydrogen-bond donors (Lipinski definition) is 3. The summed E-state index contributed by atoms with van der Waals surface area (Å²) in [5, 5.41) is 3.41. The van der Waals surface area contributed by atoms with E-state index in [9.17, 15) is 4.79 Å². The van der Waals surface area contributed by atoms with Gasteiger partial charge in [0.05, 0.1) is 16.7 Å². The normalized spacial score (nSPS) is 11.1. The van der Waals surface area contributed by atoms with E-state index in [1.807, 2.05) is 12.1 Å². The summed E-state index contributed by atoms with van der Waals surface area (Å²) in [6.07, 6.45) is 6.34. The average Bonchev–Trinajstić information content (AvgIpc) is 2.72. The fourth-order valence-corrected chi connectivity index (χ4v) is 2.63. The number of fused-ring (bicyclic) bond motifs is 1. The Hall–Kier alpha value is -1.23. The molecule has 0 atom stereocenters. The molecule has 0 fully saturated rings. The molecule has 0 saturated carbocycles. The summed E-state index contributed by atoms with van der Waals surface area (Å²) in [5.41, 5.74) is 2.52. The Morgan fingerprint density at radius 2 is 1.79 bits per heavy atom. The molecule has 0 aliphatic rings. The number of nitrogens with one attached hydrogen (secondary N) is 3.